The second-order valence-corrected chi connectivity index (χ2v) is 2.87. The lowest BCUT2D eigenvalue weighted by atomic mass is 10.4. The van der Waals surface area contributed by atoms with Crippen molar-refractivity contribution in [3.8, 4) is 0 Å². The lowest BCUT2D eigenvalue weighted by Gasteiger charge is -2.13. The highest BCUT2D eigenvalue weighted by Crippen LogP contribution is 2.05. The highest BCUT2D eigenvalue weighted by atomic mass is 19.1. The Morgan fingerprint density at radius 1 is 1.62 bits per heavy atom. The van der Waals surface area contributed by atoms with Crippen LogP contribution in [-0.2, 0) is 9.53 Å². The van der Waals surface area contributed by atoms with Gasteiger partial charge in [0.25, 0.3) is 0 Å². The Balaban J connectivity index is 2.20. The van der Waals surface area contributed by atoms with Crippen LogP contribution in [0.1, 0.15) is 12.8 Å². The predicted octanol–water partition coefficient (Wildman–Crippen LogP) is 0.757. The van der Waals surface area contributed by atoms with E-state index in [0.717, 1.165) is 0 Å². The van der Waals surface area contributed by atoms with Crippen LogP contribution >= 0.6 is 0 Å². The molecular weight excluding hydrogens is 177 g/mol. The first-order valence-corrected chi connectivity index (χ1v) is 4.23. The van der Waals surface area contributed by atoms with Crippen molar-refractivity contribution in [2.24, 2.45) is 0 Å². The number of hydrogen-bond donors (Lipinski definition) is 0. The van der Waals surface area contributed by atoms with Crippen LogP contribution in [0.2, 0.25) is 0 Å². The van der Waals surface area contributed by atoms with Gasteiger partial charge in [-0.25, -0.2) is 4.79 Å². The number of hydrogen-bond acceptors (Lipinski definition) is 3. The largest absolute Gasteiger partial charge is 0.449 e. The summed E-state index contributed by atoms with van der Waals surface area (Å²) >= 11 is 0. The molecule has 1 saturated heterocycles. The number of carbonyl (C=O) groups is 2. The van der Waals surface area contributed by atoms with Crippen molar-refractivity contribution in [2.75, 3.05) is 26.4 Å². The minimum Gasteiger partial charge on any atom is -0.449 e. The first kappa shape index (κ1) is 9.95. The van der Waals surface area contributed by atoms with E-state index in [1.54, 1.807) is 0 Å². The quantitative estimate of drug-likeness (QED) is 0.616. The maximum atomic E-state index is 11.6. The third-order valence-electron chi connectivity index (χ3n) is 1.79. The first-order chi connectivity index (χ1) is 6.24. The fraction of sp³-hybridized carbons (Fsp3) is 0.750. The van der Waals surface area contributed by atoms with Crippen LogP contribution in [0.4, 0.5) is 9.18 Å². The van der Waals surface area contributed by atoms with Crippen molar-refractivity contribution in [1.82, 2.24) is 4.90 Å². The zero-order valence-corrected chi connectivity index (χ0v) is 7.29. The fourth-order valence-corrected chi connectivity index (χ4v) is 1.09. The molecule has 0 aromatic rings. The number of ether oxygens (including phenoxy) is 1. The summed E-state index contributed by atoms with van der Waals surface area (Å²) in [6.07, 6.45) is 0.102. The Morgan fingerprint density at radius 2 is 2.38 bits per heavy atom. The number of carbonyl (C=O) groups excluding carboxylic acids is 2. The second-order valence-electron chi connectivity index (χ2n) is 2.87. The number of amides is 1. The van der Waals surface area contributed by atoms with Gasteiger partial charge in [-0.2, -0.15) is 0 Å². The Morgan fingerprint density at radius 3 is 2.92 bits per heavy atom. The molecule has 1 fully saturated rings. The van der Waals surface area contributed by atoms with Crippen molar-refractivity contribution >= 4 is 11.9 Å². The number of alkyl halides is 1. The molecule has 0 spiro atoms. The SMILES string of the molecule is O=C1CCN(C(=O)OCCCF)C1. The summed E-state index contributed by atoms with van der Waals surface area (Å²) in [6, 6.07) is 0. The van der Waals surface area contributed by atoms with E-state index < -0.39 is 12.8 Å². The number of halogens is 1. The topological polar surface area (TPSA) is 46.6 Å². The van der Waals surface area contributed by atoms with Crippen molar-refractivity contribution in [3.63, 3.8) is 0 Å². The van der Waals surface area contributed by atoms with Crippen LogP contribution in [0.15, 0.2) is 0 Å². The Hall–Kier alpha value is -1.13. The van der Waals surface area contributed by atoms with Crippen LogP contribution in [0, 0.1) is 0 Å². The summed E-state index contributed by atoms with van der Waals surface area (Å²) in [4.78, 5) is 23.2. The molecule has 0 N–H and O–H groups in total. The summed E-state index contributed by atoms with van der Waals surface area (Å²) in [5.74, 6) is 0.0439. The molecule has 74 valence electrons. The maximum Gasteiger partial charge on any atom is 0.410 e. The van der Waals surface area contributed by atoms with E-state index in [9.17, 15) is 14.0 Å². The van der Waals surface area contributed by atoms with Gasteiger partial charge in [0.1, 0.15) is 0 Å². The molecule has 1 rings (SSSR count). The molecule has 0 atom stereocenters. The van der Waals surface area contributed by atoms with Crippen LogP contribution in [-0.4, -0.2) is 43.1 Å². The first-order valence-electron chi connectivity index (χ1n) is 4.23. The number of ketones is 1. The molecule has 4 nitrogen and oxygen atoms in total. The van der Waals surface area contributed by atoms with Gasteiger partial charge in [-0.1, -0.05) is 0 Å². The van der Waals surface area contributed by atoms with E-state index in [-0.39, 0.29) is 25.4 Å². The van der Waals surface area contributed by atoms with Crippen LogP contribution in [0.25, 0.3) is 0 Å². The van der Waals surface area contributed by atoms with E-state index in [1.165, 1.54) is 4.90 Å². The minimum absolute atomic E-state index is 0.0439. The smallest absolute Gasteiger partial charge is 0.410 e. The van der Waals surface area contributed by atoms with Crippen LogP contribution in [0.3, 0.4) is 0 Å². The number of nitrogens with zero attached hydrogens (tertiary/aromatic N) is 1. The van der Waals surface area contributed by atoms with Crippen molar-refractivity contribution in [2.45, 2.75) is 12.8 Å². The number of likely N-dealkylation sites (tertiary alicyclic amines) is 1. The van der Waals surface area contributed by atoms with Gasteiger partial charge in [-0.05, 0) is 0 Å². The van der Waals surface area contributed by atoms with Gasteiger partial charge in [0.15, 0.2) is 5.78 Å². The molecule has 0 saturated carbocycles. The lowest BCUT2D eigenvalue weighted by Crippen LogP contribution is -2.29. The van der Waals surface area contributed by atoms with Gasteiger partial charge >= 0.3 is 6.09 Å². The predicted molar refractivity (Wildman–Crippen MR) is 43.1 cm³/mol. The molecule has 0 aromatic carbocycles. The molecule has 5 heteroatoms. The minimum atomic E-state index is -0.515. The molecular formula is C8H12FNO3. The molecule has 1 heterocycles. The average molecular weight is 189 g/mol. The summed E-state index contributed by atoms with van der Waals surface area (Å²) in [6.45, 7) is 0.147. The summed E-state index contributed by atoms with van der Waals surface area (Å²) in [5, 5.41) is 0. The van der Waals surface area contributed by atoms with Crippen molar-refractivity contribution in [1.29, 1.82) is 0 Å². The fourth-order valence-electron chi connectivity index (χ4n) is 1.09. The Kier molecular flexibility index (Phi) is 3.67. The Bertz CT molecular complexity index is 208. The molecule has 1 aliphatic heterocycles. The molecule has 0 radical (unpaired) electrons. The highest BCUT2D eigenvalue weighted by Gasteiger charge is 2.24. The van der Waals surface area contributed by atoms with E-state index in [4.69, 9.17) is 4.74 Å². The molecule has 0 unspecified atom stereocenters. The van der Waals surface area contributed by atoms with Gasteiger partial charge < -0.3 is 9.64 Å². The third kappa shape index (κ3) is 3.01. The molecule has 13 heavy (non-hydrogen) atoms. The van der Waals surface area contributed by atoms with Gasteiger partial charge in [0, 0.05) is 19.4 Å². The van der Waals surface area contributed by atoms with E-state index in [0.29, 0.717) is 13.0 Å². The number of rotatable bonds is 3. The maximum absolute atomic E-state index is 11.6. The lowest BCUT2D eigenvalue weighted by molar-refractivity contribution is -0.116. The monoisotopic (exact) mass is 189 g/mol. The standard InChI is InChI=1S/C8H12FNO3/c9-3-1-5-13-8(12)10-4-2-7(11)6-10/h1-6H2. The van der Waals surface area contributed by atoms with E-state index >= 15 is 0 Å². The molecule has 0 bridgehead atoms. The third-order valence-corrected chi connectivity index (χ3v) is 1.79. The van der Waals surface area contributed by atoms with Gasteiger partial charge in [0.2, 0.25) is 0 Å². The van der Waals surface area contributed by atoms with E-state index in [2.05, 4.69) is 0 Å². The molecule has 0 aromatic heterocycles. The van der Waals surface area contributed by atoms with Gasteiger partial charge in [0.05, 0.1) is 19.8 Å². The zero-order chi connectivity index (χ0) is 9.68. The van der Waals surface area contributed by atoms with Crippen molar-refractivity contribution in [3.05, 3.63) is 0 Å². The zero-order valence-electron chi connectivity index (χ0n) is 7.29. The molecule has 1 aliphatic rings. The summed E-state index contributed by atoms with van der Waals surface area (Å²) in [5.41, 5.74) is 0. The molecule has 1 amide bonds. The van der Waals surface area contributed by atoms with Gasteiger partial charge in [-0.3, -0.25) is 9.18 Å². The highest BCUT2D eigenvalue weighted by molar-refractivity contribution is 5.87. The van der Waals surface area contributed by atoms with Crippen LogP contribution < -0.4 is 0 Å². The number of Topliss-reactive ketones (excluding diaryl/α,β-unsaturated/α-hetero) is 1. The molecule has 0 aliphatic carbocycles. The summed E-state index contributed by atoms with van der Waals surface area (Å²) < 4.78 is 16.3. The summed E-state index contributed by atoms with van der Waals surface area (Å²) in [7, 11) is 0. The van der Waals surface area contributed by atoms with Crippen LogP contribution in [0.5, 0.6) is 0 Å². The Labute approximate surface area is 75.6 Å². The van der Waals surface area contributed by atoms with Gasteiger partial charge in [-0.15, -0.1) is 0 Å². The van der Waals surface area contributed by atoms with E-state index in [1.807, 2.05) is 0 Å². The second kappa shape index (κ2) is 4.79. The van der Waals surface area contributed by atoms with Crippen molar-refractivity contribution < 1.29 is 18.7 Å². The normalized spacial score (nSPS) is 16.4. The average Bonchev–Trinajstić information content (AvgIpc) is 2.52.